The van der Waals surface area contributed by atoms with Crippen LogP contribution in [0, 0.1) is 13.8 Å². The molecule has 2 nitrogen and oxygen atoms in total. The number of thiazole rings is 1. The second kappa shape index (κ2) is 5.95. The number of hydrogen-bond acceptors (Lipinski definition) is 3. The summed E-state index contributed by atoms with van der Waals surface area (Å²) in [4.78, 5) is 5.80. The van der Waals surface area contributed by atoms with Crippen LogP contribution in [0.2, 0.25) is 0 Å². The minimum absolute atomic E-state index is 0.102. The van der Waals surface area contributed by atoms with Crippen molar-refractivity contribution < 1.29 is 5.11 Å². The first-order chi connectivity index (χ1) is 8.61. The largest absolute Gasteiger partial charge is 0.396 e. The molecule has 1 atom stereocenters. The number of aliphatic hydroxyl groups excluding tert-OH is 1. The van der Waals surface area contributed by atoms with Crippen LogP contribution in [0.3, 0.4) is 0 Å². The Balaban J connectivity index is 2.22. The van der Waals surface area contributed by atoms with Crippen molar-refractivity contribution in [1.29, 1.82) is 0 Å². The number of hydrogen-bond donors (Lipinski definition) is 1. The molecule has 2 aromatic rings. The van der Waals surface area contributed by atoms with Crippen molar-refractivity contribution in [2.45, 2.75) is 26.2 Å². The van der Waals surface area contributed by atoms with Crippen LogP contribution in [-0.4, -0.2) is 16.7 Å². The molecule has 0 saturated carbocycles. The van der Waals surface area contributed by atoms with Crippen LogP contribution in [-0.2, 0) is 6.42 Å². The average Bonchev–Trinajstić information content (AvgIpc) is 2.66. The molecule has 0 spiro atoms. The van der Waals surface area contributed by atoms with Gasteiger partial charge in [-0.2, -0.15) is 0 Å². The summed E-state index contributed by atoms with van der Waals surface area (Å²) in [5.74, 6) is 0.102. The summed E-state index contributed by atoms with van der Waals surface area (Å²) in [7, 11) is 0. The monoisotopic (exact) mass is 325 g/mol. The maximum absolute atomic E-state index is 9.60. The second-order valence-electron chi connectivity index (χ2n) is 4.35. The predicted molar refractivity (Wildman–Crippen MR) is 79.3 cm³/mol. The Morgan fingerprint density at radius 2 is 2.06 bits per heavy atom. The number of rotatable bonds is 4. The van der Waals surface area contributed by atoms with Crippen molar-refractivity contribution in [2.75, 3.05) is 6.61 Å². The minimum Gasteiger partial charge on any atom is -0.396 e. The summed E-state index contributed by atoms with van der Waals surface area (Å²) < 4.78 is 1.05. The van der Waals surface area contributed by atoms with E-state index in [9.17, 15) is 5.11 Å². The number of aliphatic hydroxyl groups is 1. The van der Waals surface area contributed by atoms with E-state index in [-0.39, 0.29) is 12.5 Å². The van der Waals surface area contributed by atoms with Gasteiger partial charge in [0, 0.05) is 21.7 Å². The molecule has 0 radical (unpaired) electrons. The van der Waals surface area contributed by atoms with Gasteiger partial charge in [-0.1, -0.05) is 34.1 Å². The van der Waals surface area contributed by atoms with Crippen LogP contribution in [0.4, 0.5) is 0 Å². The highest BCUT2D eigenvalue weighted by atomic mass is 79.9. The fraction of sp³-hybridized carbons (Fsp3) is 0.357. The average molecular weight is 326 g/mol. The smallest absolute Gasteiger partial charge is 0.0937 e. The van der Waals surface area contributed by atoms with Crippen molar-refractivity contribution in [1.82, 2.24) is 4.98 Å². The first kappa shape index (κ1) is 13.7. The highest BCUT2D eigenvalue weighted by molar-refractivity contribution is 9.10. The lowest BCUT2D eigenvalue weighted by atomic mass is 9.97. The quantitative estimate of drug-likeness (QED) is 0.926. The van der Waals surface area contributed by atoms with E-state index in [0.717, 1.165) is 27.2 Å². The molecule has 1 unspecified atom stereocenters. The van der Waals surface area contributed by atoms with E-state index in [0.29, 0.717) is 0 Å². The summed E-state index contributed by atoms with van der Waals surface area (Å²) in [6.45, 7) is 4.25. The highest BCUT2D eigenvalue weighted by Gasteiger charge is 2.16. The van der Waals surface area contributed by atoms with E-state index >= 15 is 0 Å². The summed E-state index contributed by atoms with van der Waals surface area (Å²) in [5, 5.41) is 10.7. The van der Waals surface area contributed by atoms with Gasteiger partial charge < -0.3 is 5.11 Å². The van der Waals surface area contributed by atoms with E-state index in [1.54, 1.807) is 11.3 Å². The summed E-state index contributed by atoms with van der Waals surface area (Å²) >= 11 is 5.26. The molecule has 0 amide bonds. The first-order valence-corrected chi connectivity index (χ1v) is 7.51. The fourth-order valence-electron chi connectivity index (χ4n) is 1.92. The molecule has 0 aliphatic heterocycles. The number of aryl methyl sites for hydroxylation is 2. The van der Waals surface area contributed by atoms with E-state index in [1.807, 2.05) is 25.1 Å². The standard InChI is InChI=1S/C14H16BrNOS/c1-9-10(2)18-14(16-9)7-11(8-17)12-5-3-4-6-13(12)15/h3-6,11,17H,7-8H2,1-2H3. The lowest BCUT2D eigenvalue weighted by Crippen LogP contribution is -2.08. The molecule has 1 N–H and O–H groups in total. The third kappa shape index (κ3) is 2.99. The fourth-order valence-corrected chi connectivity index (χ4v) is 3.54. The Kier molecular flexibility index (Phi) is 4.54. The van der Waals surface area contributed by atoms with E-state index in [2.05, 4.69) is 33.9 Å². The third-order valence-electron chi connectivity index (χ3n) is 3.06. The predicted octanol–water partition coefficient (Wildman–Crippen LogP) is 3.84. The molecule has 0 fully saturated rings. The number of nitrogens with zero attached hydrogens (tertiary/aromatic N) is 1. The number of benzene rings is 1. The molecule has 1 aromatic heterocycles. The van der Waals surface area contributed by atoms with E-state index < -0.39 is 0 Å². The summed E-state index contributed by atoms with van der Waals surface area (Å²) in [6.07, 6.45) is 0.790. The normalized spacial score (nSPS) is 12.7. The van der Waals surface area contributed by atoms with E-state index in [4.69, 9.17) is 0 Å². The van der Waals surface area contributed by atoms with Crippen molar-refractivity contribution in [3.8, 4) is 0 Å². The Hall–Kier alpha value is -0.710. The zero-order valence-corrected chi connectivity index (χ0v) is 12.9. The second-order valence-corrected chi connectivity index (χ2v) is 6.50. The van der Waals surface area contributed by atoms with Gasteiger partial charge in [0.15, 0.2) is 0 Å². The molecular formula is C14H16BrNOS. The van der Waals surface area contributed by atoms with E-state index in [1.165, 1.54) is 4.88 Å². The van der Waals surface area contributed by atoms with Crippen LogP contribution < -0.4 is 0 Å². The first-order valence-electron chi connectivity index (χ1n) is 5.90. The molecule has 2 rings (SSSR count). The van der Waals surface area contributed by atoms with Gasteiger partial charge >= 0.3 is 0 Å². The van der Waals surface area contributed by atoms with Crippen LogP contribution in [0.5, 0.6) is 0 Å². The van der Waals surface area contributed by atoms with Gasteiger partial charge in [0.1, 0.15) is 0 Å². The van der Waals surface area contributed by atoms with Gasteiger partial charge in [0.2, 0.25) is 0 Å². The Bertz CT molecular complexity index is 519. The molecule has 0 aliphatic rings. The molecule has 1 heterocycles. The zero-order valence-electron chi connectivity index (χ0n) is 10.5. The highest BCUT2D eigenvalue weighted by Crippen LogP contribution is 2.29. The number of halogens is 1. The lowest BCUT2D eigenvalue weighted by Gasteiger charge is -2.14. The maximum atomic E-state index is 9.60. The molecular weight excluding hydrogens is 310 g/mol. The van der Waals surface area contributed by atoms with Crippen LogP contribution in [0.15, 0.2) is 28.7 Å². The molecule has 0 bridgehead atoms. The van der Waals surface area contributed by atoms with Crippen molar-refractivity contribution in [3.05, 3.63) is 49.9 Å². The van der Waals surface area contributed by atoms with Crippen LogP contribution >= 0.6 is 27.3 Å². The zero-order chi connectivity index (χ0) is 13.1. The molecule has 1 aromatic carbocycles. The van der Waals surface area contributed by atoms with Gasteiger partial charge in [0.25, 0.3) is 0 Å². The Labute approximate surface area is 120 Å². The summed E-state index contributed by atoms with van der Waals surface area (Å²) in [6, 6.07) is 8.05. The Morgan fingerprint density at radius 3 is 2.61 bits per heavy atom. The molecule has 18 heavy (non-hydrogen) atoms. The maximum Gasteiger partial charge on any atom is 0.0937 e. The van der Waals surface area contributed by atoms with Crippen molar-refractivity contribution in [2.24, 2.45) is 0 Å². The van der Waals surface area contributed by atoms with Gasteiger partial charge in [-0.05, 0) is 25.5 Å². The topological polar surface area (TPSA) is 33.1 Å². The molecule has 0 aliphatic carbocycles. The number of aromatic nitrogens is 1. The van der Waals surface area contributed by atoms with Gasteiger partial charge in [-0.25, -0.2) is 4.98 Å². The summed E-state index contributed by atoms with van der Waals surface area (Å²) in [5.41, 5.74) is 2.24. The molecule has 4 heteroatoms. The Morgan fingerprint density at radius 1 is 1.33 bits per heavy atom. The van der Waals surface area contributed by atoms with Gasteiger partial charge in [-0.15, -0.1) is 11.3 Å². The van der Waals surface area contributed by atoms with Crippen molar-refractivity contribution >= 4 is 27.3 Å². The molecule has 0 saturated heterocycles. The van der Waals surface area contributed by atoms with Gasteiger partial charge in [-0.3, -0.25) is 0 Å². The van der Waals surface area contributed by atoms with Crippen LogP contribution in [0.25, 0.3) is 0 Å². The molecule has 96 valence electrons. The third-order valence-corrected chi connectivity index (χ3v) is 4.88. The SMILES string of the molecule is Cc1nc(CC(CO)c2ccccc2Br)sc1C. The van der Waals surface area contributed by atoms with Gasteiger partial charge in [0.05, 0.1) is 17.3 Å². The minimum atomic E-state index is 0.102. The lowest BCUT2D eigenvalue weighted by molar-refractivity contribution is 0.264. The van der Waals surface area contributed by atoms with Crippen molar-refractivity contribution in [3.63, 3.8) is 0 Å². The van der Waals surface area contributed by atoms with Crippen LogP contribution in [0.1, 0.15) is 27.1 Å².